The second-order valence-electron chi connectivity index (χ2n) is 4.77. The van der Waals surface area contributed by atoms with E-state index in [1.807, 2.05) is 13.8 Å². The Kier molecular flexibility index (Phi) is 5.63. The van der Waals surface area contributed by atoms with Crippen LogP contribution in [0.5, 0.6) is 0 Å². The van der Waals surface area contributed by atoms with Gasteiger partial charge >= 0.3 is 12.0 Å². The Morgan fingerprint density at radius 1 is 1.22 bits per heavy atom. The molecular formula is C16H17ClN2O3S. The van der Waals surface area contributed by atoms with Gasteiger partial charge < -0.3 is 10.1 Å². The van der Waals surface area contributed by atoms with Gasteiger partial charge in [0.15, 0.2) is 0 Å². The van der Waals surface area contributed by atoms with Gasteiger partial charge in [0, 0.05) is 15.6 Å². The molecule has 1 aromatic heterocycles. The Balaban J connectivity index is 2.20. The molecule has 0 atom stereocenters. The van der Waals surface area contributed by atoms with Crippen molar-refractivity contribution >= 4 is 45.6 Å². The molecule has 5 nitrogen and oxygen atoms in total. The summed E-state index contributed by atoms with van der Waals surface area (Å²) in [5.41, 5.74) is 1.92. The lowest BCUT2D eigenvalue weighted by molar-refractivity contribution is 0.0601. The van der Waals surface area contributed by atoms with Gasteiger partial charge in [0.1, 0.15) is 5.00 Å². The van der Waals surface area contributed by atoms with Crippen molar-refractivity contribution in [2.24, 2.45) is 0 Å². The van der Waals surface area contributed by atoms with Crippen LogP contribution in [-0.4, -0.2) is 19.1 Å². The van der Waals surface area contributed by atoms with Crippen molar-refractivity contribution in [2.75, 3.05) is 17.7 Å². The fourth-order valence-electron chi connectivity index (χ4n) is 2.21. The lowest BCUT2D eigenvalue weighted by Gasteiger charge is -2.08. The van der Waals surface area contributed by atoms with E-state index in [0.29, 0.717) is 27.7 Å². The first-order chi connectivity index (χ1) is 11.0. The van der Waals surface area contributed by atoms with Crippen LogP contribution in [-0.2, 0) is 11.2 Å². The smallest absolute Gasteiger partial charge is 0.341 e. The predicted octanol–water partition coefficient (Wildman–Crippen LogP) is 4.70. The number of thiophene rings is 1. The number of nitrogens with one attached hydrogen (secondary N) is 2. The SMILES string of the molecule is CCc1c(C)sc(NC(=O)Nc2ccc(Cl)cc2)c1C(=O)OC. The molecule has 0 unspecified atom stereocenters. The van der Waals surface area contributed by atoms with Gasteiger partial charge in [-0.1, -0.05) is 18.5 Å². The number of carbonyl (C=O) groups is 2. The molecule has 7 heteroatoms. The van der Waals surface area contributed by atoms with Crippen LogP contribution in [0.2, 0.25) is 5.02 Å². The number of aryl methyl sites for hydroxylation is 1. The van der Waals surface area contributed by atoms with E-state index in [9.17, 15) is 9.59 Å². The summed E-state index contributed by atoms with van der Waals surface area (Å²) >= 11 is 7.16. The average Bonchev–Trinajstić information content (AvgIpc) is 2.83. The van der Waals surface area contributed by atoms with Crippen LogP contribution in [0.25, 0.3) is 0 Å². The van der Waals surface area contributed by atoms with E-state index in [2.05, 4.69) is 10.6 Å². The van der Waals surface area contributed by atoms with Gasteiger partial charge in [-0.05, 0) is 43.2 Å². The minimum atomic E-state index is -0.451. The molecule has 0 aliphatic carbocycles. The largest absolute Gasteiger partial charge is 0.465 e. The van der Waals surface area contributed by atoms with Gasteiger partial charge in [0.2, 0.25) is 0 Å². The molecule has 2 amide bonds. The molecule has 1 aromatic carbocycles. The van der Waals surface area contributed by atoms with E-state index in [1.165, 1.54) is 18.4 Å². The normalized spacial score (nSPS) is 10.3. The number of hydrogen-bond acceptors (Lipinski definition) is 4. The van der Waals surface area contributed by atoms with Gasteiger partial charge in [0.05, 0.1) is 12.7 Å². The number of anilines is 2. The van der Waals surface area contributed by atoms with Crippen LogP contribution >= 0.6 is 22.9 Å². The number of ether oxygens (including phenoxy) is 1. The highest BCUT2D eigenvalue weighted by atomic mass is 35.5. The molecule has 2 rings (SSSR count). The second kappa shape index (κ2) is 7.48. The molecule has 0 aliphatic heterocycles. The summed E-state index contributed by atoms with van der Waals surface area (Å²) in [5.74, 6) is -0.451. The first kappa shape index (κ1) is 17.3. The first-order valence-corrected chi connectivity index (χ1v) is 8.19. The van der Waals surface area contributed by atoms with Crippen molar-refractivity contribution < 1.29 is 14.3 Å². The molecular weight excluding hydrogens is 336 g/mol. The first-order valence-electron chi connectivity index (χ1n) is 7.00. The molecule has 0 saturated heterocycles. The predicted molar refractivity (Wildman–Crippen MR) is 93.9 cm³/mol. The summed E-state index contributed by atoms with van der Waals surface area (Å²) in [6, 6.07) is 6.32. The Morgan fingerprint density at radius 3 is 2.43 bits per heavy atom. The van der Waals surface area contributed by atoms with E-state index in [0.717, 1.165) is 10.4 Å². The van der Waals surface area contributed by atoms with Crippen LogP contribution in [0.3, 0.4) is 0 Å². The highest BCUT2D eigenvalue weighted by Gasteiger charge is 2.22. The quantitative estimate of drug-likeness (QED) is 0.783. The summed E-state index contributed by atoms with van der Waals surface area (Å²) in [6.07, 6.45) is 0.688. The summed E-state index contributed by atoms with van der Waals surface area (Å²) in [5, 5.41) is 6.49. The number of esters is 1. The molecule has 23 heavy (non-hydrogen) atoms. The van der Waals surface area contributed by atoms with Crippen LogP contribution in [0.1, 0.15) is 27.7 Å². The molecule has 122 valence electrons. The summed E-state index contributed by atoms with van der Waals surface area (Å²) in [7, 11) is 1.33. The number of urea groups is 1. The molecule has 0 aliphatic rings. The van der Waals surface area contributed by atoms with Crippen molar-refractivity contribution in [3.8, 4) is 0 Å². The number of halogens is 1. The second-order valence-corrected chi connectivity index (χ2v) is 6.43. The number of methoxy groups -OCH3 is 1. The minimum absolute atomic E-state index is 0.420. The topological polar surface area (TPSA) is 67.4 Å². The third-order valence-corrected chi connectivity index (χ3v) is 4.60. The Bertz CT molecular complexity index is 726. The third-order valence-electron chi connectivity index (χ3n) is 3.28. The zero-order valence-corrected chi connectivity index (χ0v) is 14.6. The summed E-state index contributed by atoms with van der Waals surface area (Å²) in [6.45, 7) is 3.87. The van der Waals surface area contributed by atoms with Gasteiger partial charge in [-0.2, -0.15) is 0 Å². The molecule has 1 heterocycles. The van der Waals surface area contributed by atoms with Crippen molar-refractivity contribution in [2.45, 2.75) is 20.3 Å². The van der Waals surface area contributed by atoms with Crippen LogP contribution in [0, 0.1) is 6.92 Å². The molecule has 0 spiro atoms. The van der Waals surface area contributed by atoms with Crippen molar-refractivity contribution in [3.63, 3.8) is 0 Å². The van der Waals surface area contributed by atoms with Crippen LogP contribution < -0.4 is 10.6 Å². The highest BCUT2D eigenvalue weighted by Crippen LogP contribution is 2.34. The van der Waals surface area contributed by atoms with Gasteiger partial charge in [-0.15, -0.1) is 11.3 Å². The number of rotatable bonds is 4. The van der Waals surface area contributed by atoms with Crippen LogP contribution in [0.4, 0.5) is 15.5 Å². The zero-order chi connectivity index (χ0) is 17.0. The van der Waals surface area contributed by atoms with Crippen molar-refractivity contribution in [1.82, 2.24) is 0 Å². The molecule has 0 bridgehead atoms. The third kappa shape index (κ3) is 4.03. The monoisotopic (exact) mass is 352 g/mol. The number of benzene rings is 1. The Labute approximate surface area is 143 Å². The number of carbonyl (C=O) groups excluding carboxylic acids is 2. The standard InChI is InChI=1S/C16H17ClN2O3S/c1-4-12-9(2)23-14(13(12)15(20)22-3)19-16(21)18-11-7-5-10(17)6-8-11/h5-8H,4H2,1-3H3,(H2,18,19,21). The minimum Gasteiger partial charge on any atom is -0.465 e. The molecule has 0 radical (unpaired) electrons. The van der Waals surface area contributed by atoms with E-state index in [1.54, 1.807) is 24.3 Å². The van der Waals surface area contributed by atoms with E-state index >= 15 is 0 Å². The average molecular weight is 353 g/mol. The molecule has 2 N–H and O–H groups in total. The van der Waals surface area contributed by atoms with E-state index < -0.39 is 12.0 Å². The number of hydrogen-bond donors (Lipinski definition) is 2. The van der Waals surface area contributed by atoms with Gasteiger partial charge in [0.25, 0.3) is 0 Å². The maximum absolute atomic E-state index is 12.1. The van der Waals surface area contributed by atoms with Crippen molar-refractivity contribution in [3.05, 3.63) is 45.3 Å². The van der Waals surface area contributed by atoms with Crippen LogP contribution in [0.15, 0.2) is 24.3 Å². The molecule has 0 saturated carbocycles. The highest BCUT2D eigenvalue weighted by molar-refractivity contribution is 7.16. The number of amides is 2. The van der Waals surface area contributed by atoms with E-state index in [4.69, 9.17) is 16.3 Å². The van der Waals surface area contributed by atoms with E-state index in [-0.39, 0.29) is 0 Å². The fourth-order valence-corrected chi connectivity index (χ4v) is 3.46. The van der Waals surface area contributed by atoms with Gasteiger partial charge in [-0.3, -0.25) is 5.32 Å². The summed E-state index contributed by atoms with van der Waals surface area (Å²) < 4.78 is 4.83. The molecule has 0 fully saturated rings. The Hall–Kier alpha value is -2.05. The maximum atomic E-state index is 12.1. The zero-order valence-electron chi connectivity index (χ0n) is 13.0. The summed E-state index contributed by atoms with van der Waals surface area (Å²) in [4.78, 5) is 25.1. The lowest BCUT2D eigenvalue weighted by atomic mass is 10.1. The maximum Gasteiger partial charge on any atom is 0.341 e. The van der Waals surface area contributed by atoms with Gasteiger partial charge in [-0.25, -0.2) is 9.59 Å². The van der Waals surface area contributed by atoms with Crippen molar-refractivity contribution in [1.29, 1.82) is 0 Å². The Morgan fingerprint density at radius 2 is 1.87 bits per heavy atom. The fraction of sp³-hybridized carbons (Fsp3) is 0.250. The lowest BCUT2D eigenvalue weighted by Crippen LogP contribution is -2.20. The molecule has 2 aromatic rings.